The second kappa shape index (κ2) is 21.9. The first-order valence-corrected chi connectivity index (χ1v) is 15.6. The summed E-state index contributed by atoms with van der Waals surface area (Å²) < 4.78 is 0. The molecule has 0 aliphatic carbocycles. The van der Waals surface area contributed by atoms with Crippen LogP contribution < -0.4 is 4.90 Å². The molecule has 2 aromatic rings. The molecule has 2 aromatic carbocycles. The van der Waals surface area contributed by atoms with Crippen LogP contribution in [-0.2, 0) is 0 Å². The van der Waals surface area contributed by atoms with Crippen LogP contribution in [0.5, 0.6) is 0 Å². The lowest BCUT2D eigenvalue weighted by Gasteiger charge is -2.25. The van der Waals surface area contributed by atoms with Gasteiger partial charge in [-0.2, -0.15) is 10.2 Å². The second-order valence-corrected chi connectivity index (χ2v) is 10.7. The van der Waals surface area contributed by atoms with Gasteiger partial charge in [0.05, 0.1) is 11.4 Å². The molecule has 0 fully saturated rings. The molecule has 2 rings (SSSR count). The summed E-state index contributed by atoms with van der Waals surface area (Å²) in [6, 6.07) is 18.7. The Hall–Kier alpha value is -2.16. The van der Waals surface area contributed by atoms with Crippen LogP contribution in [0.1, 0.15) is 129 Å². The molecule has 0 saturated heterocycles. The van der Waals surface area contributed by atoms with Gasteiger partial charge in [-0.3, -0.25) is 0 Å². The van der Waals surface area contributed by atoms with Crippen LogP contribution in [0.2, 0.25) is 0 Å². The van der Waals surface area contributed by atoms with Crippen molar-refractivity contribution < 1.29 is 0 Å². The van der Waals surface area contributed by atoms with Gasteiger partial charge in [0.25, 0.3) is 0 Å². The Balaban J connectivity index is 1.77. The highest BCUT2D eigenvalue weighted by atomic mass is 15.1. The Kier molecular flexibility index (Phi) is 18.4. The normalized spacial score (nSPS) is 11.4. The van der Waals surface area contributed by atoms with E-state index in [4.69, 9.17) is 0 Å². The van der Waals surface area contributed by atoms with Gasteiger partial charge in [0.15, 0.2) is 0 Å². The molecule has 37 heavy (non-hydrogen) atoms. The van der Waals surface area contributed by atoms with Gasteiger partial charge in [0.1, 0.15) is 0 Å². The van der Waals surface area contributed by atoms with Crippen LogP contribution in [0.25, 0.3) is 0 Å². The molecule has 3 heteroatoms. The molecule has 0 unspecified atom stereocenters. The van der Waals surface area contributed by atoms with E-state index in [1.807, 2.05) is 30.3 Å². The number of nitrogens with zero attached hydrogens (tertiary/aromatic N) is 3. The average Bonchev–Trinajstić information content (AvgIpc) is 2.94. The fourth-order valence-corrected chi connectivity index (χ4v) is 4.94. The van der Waals surface area contributed by atoms with E-state index in [0.717, 1.165) is 24.5 Å². The number of benzene rings is 2. The van der Waals surface area contributed by atoms with Crippen molar-refractivity contribution in [2.24, 2.45) is 10.2 Å². The Bertz CT molecular complexity index is 762. The van der Waals surface area contributed by atoms with E-state index in [-0.39, 0.29) is 0 Å². The molecule has 0 bridgehead atoms. The Morgan fingerprint density at radius 3 is 1.24 bits per heavy atom. The number of hydrogen-bond donors (Lipinski definition) is 0. The molecule has 0 atom stereocenters. The van der Waals surface area contributed by atoms with Crippen molar-refractivity contribution in [3.63, 3.8) is 0 Å². The van der Waals surface area contributed by atoms with Gasteiger partial charge in [0.2, 0.25) is 0 Å². The van der Waals surface area contributed by atoms with Crippen molar-refractivity contribution in [3.05, 3.63) is 54.6 Å². The summed E-state index contributed by atoms with van der Waals surface area (Å²) in [5, 5.41) is 8.79. The minimum absolute atomic E-state index is 0.893. The van der Waals surface area contributed by atoms with Crippen LogP contribution in [0.3, 0.4) is 0 Å². The third-order valence-electron chi connectivity index (χ3n) is 7.32. The monoisotopic (exact) mass is 505 g/mol. The topological polar surface area (TPSA) is 28.0 Å². The summed E-state index contributed by atoms with van der Waals surface area (Å²) in [4.78, 5) is 2.61. The van der Waals surface area contributed by atoms with E-state index < -0.39 is 0 Å². The highest BCUT2D eigenvalue weighted by Gasteiger charge is 2.07. The number of rotatable bonds is 23. The smallest absolute Gasteiger partial charge is 0.0858 e. The van der Waals surface area contributed by atoms with E-state index >= 15 is 0 Å². The third-order valence-corrected chi connectivity index (χ3v) is 7.32. The predicted molar refractivity (Wildman–Crippen MR) is 164 cm³/mol. The fourth-order valence-electron chi connectivity index (χ4n) is 4.94. The molecule has 206 valence electrons. The van der Waals surface area contributed by atoms with Gasteiger partial charge in [-0.25, -0.2) is 0 Å². The molecule has 0 saturated carbocycles. The van der Waals surface area contributed by atoms with Crippen LogP contribution in [0.4, 0.5) is 17.1 Å². The van der Waals surface area contributed by atoms with Crippen molar-refractivity contribution in [2.45, 2.75) is 129 Å². The molecule has 0 N–H and O–H groups in total. The number of hydrogen-bond acceptors (Lipinski definition) is 3. The van der Waals surface area contributed by atoms with Crippen LogP contribution in [0, 0.1) is 0 Å². The molecule has 0 aliphatic rings. The Morgan fingerprint density at radius 2 is 0.811 bits per heavy atom. The SMILES string of the molecule is CCCCCCCCCCCN(CCCCCCCCCCC)c1ccc(/N=N/c2ccccc2)cc1. The van der Waals surface area contributed by atoms with E-state index in [9.17, 15) is 0 Å². The lowest BCUT2D eigenvalue weighted by Crippen LogP contribution is -2.25. The predicted octanol–water partition coefficient (Wildman–Crippen LogP) is 12.0. The van der Waals surface area contributed by atoms with Crippen molar-refractivity contribution >= 4 is 17.1 Å². The van der Waals surface area contributed by atoms with E-state index in [1.54, 1.807) is 0 Å². The molecule has 0 spiro atoms. The highest BCUT2D eigenvalue weighted by Crippen LogP contribution is 2.23. The zero-order valence-electron chi connectivity index (χ0n) is 24.2. The van der Waals surface area contributed by atoms with Crippen LogP contribution >= 0.6 is 0 Å². The molecule has 0 amide bonds. The molecule has 0 aromatic heterocycles. The largest absolute Gasteiger partial charge is 0.372 e. The maximum Gasteiger partial charge on any atom is 0.0858 e. The fraction of sp³-hybridized carbons (Fsp3) is 0.647. The summed E-state index contributed by atoms with van der Waals surface area (Å²) in [7, 11) is 0. The summed E-state index contributed by atoms with van der Waals surface area (Å²) >= 11 is 0. The van der Waals surface area contributed by atoms with Gasteiger partial charge in [-0.1, -0.05) is 135 Å². The molecule has 0 aliphatic heterocycles. The van der Waals surface area contributed by atoms with Crippen molar-refractivity contribution in [1.82, 2.24) is 0 Å². The van der Waals surface area contributed by atoms with E-state index in [1.165, 1.54) is 121 Å². The summed E-state index contributed by atoms with van der Waals surface area (Å²) in [5.74, 6) is 0. The summed E-state index contributed by atoms with van der Waals surface area (Å²) in [6.07, 6.45) is 24.9. The minimum atomic E-state index is 0.893. The van der Waals surface area contributed by atoms with Crippen LogP contribution in [-0.4, -0.2) is 13.1 Å². The van der Waals surface area contributed by atoms with Crippen molar-refractivity contribution in [1.29, 1.82) is 0 Å². The lowest BCUT2D eigenvalue weighted by molar-refractivity contribution is 0.548. The first-order valence-electron chi connectivity index (χ1n) is 15.6. The molecular weight excluding hydrogens is 450 g/mol. The van der Waals surface area contributed by atoms with Gasteiger partial charge >= 0.3 is 0 Å². The lowest BCUT2D eigenvalue weighted by atomic mass is 10.1. The van der Waals surface area contributed by atoms with Gasteiger partial charge in [0, 0.05) is 18.8 Å². The maximum atomic E-state index is 4.43. The van der Waals surface area contributed by atoms with Crippen molar-refractivity contribution in [3.8, 4) is 0 Å². The first-order chi connectivity index (χ1) is 18.3. The minimum Gasteiger partial charge on any atom is -0.372 e. The molecule has 0 heterocycles. The molecule has 0 radical (unpaired) electrons. The quantitative estimate of drug-likeness (QED) is 0.109. The van der Waals surface area contributed by atoms with Crippen LogP contribution in [0.15, 0.2) is 64.8 Å². The molecule has 3 nitrogen and oxygen atoms in total. The summed E-state index contributed by atoms with van der Waals surface area (Å²) in [6.45, 7) is 6.92. The second-order valence-electron chi connectivity index (χ2n) is 10.7. The Labute approximate surface area is 229 Å². The number of unbranched alkanes of at least 4 members (excludes halogenated alkanes) is 16. The highest BCUT2D eigenvalue weighted by molar-refractivity contribution is 5.53. The van der Waals surface area contributed by atoms with Gasteiger partial charge < -0.3 is 4.90 Å². The Morgan fingerprint density at radius 1 is 0.432 bits per heavy atom. The zero-order valence-corrected chi connectivity index (χ0v) is 24.2. The standard InChI is InChI=1S/C34H55N3/c1-3-5-7-9-11-13-15-17-22-30-37(31-23-18-16-14-12-10-8-6-4-2)34-28-26-33(27-29-34)36-35-32-24-20-19-21-25-32/h19-21,24-29H,3-18,22-23,30-31H2,1-2H3/b36-35+. The average molecular weight is 506 g/mol. The number of anilines is 1. The van der Waals surface area contributed by atoms with Crippen molar-refractivity contribution in [2.75, 3.05) is 18.0 Å². The van der Waals surface area contributed by atoms with E-state index in [2.05, 4.69) is 53.2 Å². The zero-order chi connectivity index (χ0) is 26.2. The maximum absolute atomic E-state index is 4.43. The van der Waals surface area contributed by atoms with Gasteiger partial charge in [-0.05, 0) is 49.2 Å². The van der Waals surface area contributed by atoms with Gasteiger partial charge in [-0.15, -0.1) is 0 Å². The number of azo groups is 1. The molecular formula is C34H55N3. The first kappa shape index (κ1) is 31.1. The third kappa shape index (κ3) is 15.6. The summed E-state index contributed by atoms with van der Waals surface area (Å²) in [5.41, 5.74) is 3.14. The van der Waals surface area contributed by atoms with E-state index in [0.29, 0.717) is 0 Å².